The van der Waals surface area contributed by atoms with E-state index in [9.17, 15) is 18.8 Å². The van der Waals surface area contributed by atoms with Gasteiger partial charge in [-0.25, -0.2) is 14.2 Å². The van der Waals surface area contributed by atoms with E-state index in [1.807, 2.05) is 0 Å². The van der Waals surface area contributed by atoms with Gasteiger partial charge >= 0.3 is 12.0 Å². The number of rotatable bonds is 6. The maximum atomic E-state index is 13.1. The fourth-order valence-corrected chi connectivity index (χ4v) is 4.73. The number of aryl methyl sites for hydroxylation is 1. The molecule has 1 saturated heterocycles. The van der Waals surface area contributed by atoms with Gasteiger partial charge in [0.25, 0.3) is 0 Å². The van der Waals surface area contributed by atoms with Crippen LogP contribution in [-0.2, 0) is 20.7 Å². The number of nitrogens with zero attached hydrogens (tertiary/aromatic N) is 3. The lowest BCUT2D eigenvalue weighted by Gasteiger charge is -2.18. The van der Waals surface area contributed by atoms with Crippen LogP contribution in [0.5, 0.6) is 0 Å². The zero-order valence-corrected chi connectivity index (χ0v) is 17.2. The van der Waals surface area contributed by atoms with Gasteiger partial charge in [0.1, 0.15) is 18.3 Å². The van der Waals surface area contributed by atoms with Crippen molar-refractivity contribution in [2.24, 2.45) is 0 Å². The highest BCUT2D eigenvalue weighted by atomic mass is 32.1. The summed E-state index contributed by atoms with van der Waals surface area (Å²) in [7, 11) is 0. The smallest absolute Gasteiger partial charge is 0.325 e. The van der Waals surface area contributed by atoms with Crippen LogP contribution >= 0.6 is 11.3 Å². The molecular formula is C20H21FN4O4S. The fraction of sp³-hybridized carbons (Fsp3) is 0.400. The monoisotopic (exact) mass is 432 g/mol. The highest BCUT2D eigenvalue weighted by molar-refractivity contribution is 7.16. The minimum atomic E-state index is -0.383. The van der Waals surface area contributed by atoms with Gasteiger partial charge in [0, 0.05) is 23.7 Å². The number of amides is 3. The number of nitrogens with one attached hydrogen (secondary N) is 1. The molecule has 1 aliphatic heterocycles. The van der Waals surface area contributed by atoms with Crippen molar-refractivity contribution in [3.8, 4) is 0 Å². The summed E-state index contributed by atoms with van der Waals surface area (Å²) in [6.45, 7) is 2.78. The van der Waals surface area contributed by atoms with Crippen molar-refractivity contribution in [1.82, 2.24) is 9.88 Å². The van der Waals surface area contributed by atoms with Gasteiger partial charge in [0.15, 0.2) is 5.13 Å². The Morgan fingerprint density at radius 2 is 2.07 bits per heavy atom. The molecule has 0 bridgehead atoms. The molecule has 1 unspecified atom stereocenters. The van der Waals surface area contributed by atoms with Crippen LogP contribution in [0, 0.1) is 5.82 Å². The number of ether oxygens (including phenoxy) is 1. The second kappa shape index (κ2) is 8.39. The molecule has 1 atom stereocenters. The summed E-state index contributed by atoms with van der Waals surface area (Å²) in [5.41, 5.74) is 1.26. The fourth-order valence-electron chi connectivity index (χ4n) is 3.67. The topological polar surface area (TPSA) is 91.8 Å². The Kier molecular flexibility index (Phi) is 5.67. The molecule has 2 heterocycles. The third-order valence-electron chi connectivity index (χ3n) is 5.10. The number of hydrogen-bond donors (Lipinski definition) is 1. The van der Waals surface area contributed by atoms with Gasteiger partial charge < -0.3 is 15.0 Å². The van der Waals surface area contributed by atoms with Crippen molar-refractivity contribution >= 4 is 40.1 Å². The van der Waals surface area contributed by atoms with Crippen molar-refractivity contribution in [2.75, 3.05) is 36.5 Å². The standard InChI is InChI=1S/C20H21FN4O4S/c1-2-29-18(27)14-7-8-15-17(14)23-19(30-15)22-16(26)11-24-9-10-25(20(24)28)13-5-3-12(21)4-6-13/h3-6,14H,2,7-11H2,1H3,(H,22,23,26). The third-order valence-corrected chi connectivity index (χ3v) is 6.15. The Hall–Kier alpha value is -3.01. The molecule has 0 spiro atoms. The molecule has 0 radical (unpaired) electrons. The molecule has 30 heavy (non-hydrogen) atoms. The summed E-state index contributed by atoms with van der Waals surface area (Å²) in [6, 6.07) is 5.36. The van der Waals surface area contributed by atoms with Crippen molar-refractivity contribution in [2.45, 2.75) is 25.7 Å². The van der Waals surface area contributed by atoms with Gasteiger partial charge in [-0.3, -0.25) is 14.5 Å². The van der Waals surface area contributed by atoms with Gasteiger partial charge in [-0.2, -0.15) is 0 Å². The van der Waals surface area contributed by atoms with E-state index < -0.39 is 0 Å². The van der Waals surface area contributed by atoms with Crippen molar-refractivity contribution < 1.29 is 23.5 Å². The zero-order valence-electron chi connectivity index (χ0n) is 16.4. The number of fused-ring (bicyclic) bond motifs is 1. The highest BCUT2D eigenvalue weighted by Crippen LogP contribution is 2.39. The third kappa shape index (κ3) is 4.00. The number of esters is 1. The molecule has 1 fully saturated rings. The van der Waals surface area contributed by atoms with Crippen LogP contribution in [0.1, 0.15) is 29.8 Å². The normalized spacial score (nSPS) is 17.9. The Morgan fingerprint density at radius 3 is 2.80 bits per heavy atom. The first-order valence-electron chi connectivity index (χ1n) is 9.74. The quantitative estimate of drug-likeness (QED) is 0.709. The molecule has 2 aromatic rings. The number of aromatic nitrogens is 1. The number of carbonyl (C=O) groups is 3. The van der Waals surface area contributed by atoms with E-state index in [2.05, 4.69) is 10.3 Å². The van der Waals surface area contributed by atoms with E-state index in [-0.39, 0.29) is 36.2 Å². The summed E-state index contributed by atoms with van der Waals surface area (Å²) in [5.74, 6) is -1.40. The summed E-state index contributed by atoms with van der Waals surface area (Å²) in [4.78, 5) is 45.4. The predicted octanol–water partition coefficient (Wildman–Crippen LogP) is 2.76. The number of urea groups is 1. The van der Waals surface area contributed by atoms with Gasteiger partial charge in [0.2, 0.25) is 5.91 Å². The summed E-state index contributed by atoms with van der Waals surface area (Å²) in [6.07, 6.45) is 1.40. The van der Waals surface area contributed by atoms with Crippen LogP contribution in [0.2, 0.25) is 0 Å². The molecule has 3 amide bonds. The minimum absolute atomic E-state index is 0.109. The molecule has 8 nitrogen and oxygen atoms in total. The summed E-state index contributed by atoms with van der Waals surface area (Å²) in [5, 5.41) is 3.14. The lowest BCUT2D eigenvalue weighted by molar-refractivity contribution is -0.145. The first kappa shape index (κ1) is 20.3. The molecule has 10 heteroatoms. The number of anilines is 2. The molecular weight excluding hydrogens is 411 g/mol. The maximum absolute atomic E-state index is 13.1. The molecule has 158 valence electrons. The summed E-state index contributed by atoms with van der Waals surface area (Å²) >= 11 is 1.35. The molecule has 1 aromatic heterocycles. The second-order valence-corrected chi connectivity index (χ2v) is 8.13. The zero-order chi connectivity index (χ0) is 21.3. The molecule has 1 N–H and O–H groups in total. The Bertz CT molecular complexity index is 978. The van der Waals surface area contributed by atoms with E-state index in [0.29, 0.717) is 42.6 Å². The molecule has 1 aromatic carbocycles. The molecule has 4 rings (SSSR count). The number of hydrogen-bond acceptors (Lipinski definition) is 6. The minimum Gasteiger partial charge on any atom is -0.465 e. The Balaban J connectivity index is 1.36. The van der Waals surface area contributed by atoms with Gasteiger partial charge in [0.05, 0.1) is 12.3 Å². The molecule has 1 aliphatic carbocycles. The second-order valence-electron chi connectivity index (χ2n) is 7.05. The van der Waals surface area contributed by atoms with Crippen LogP contribution in [0.25, 0.3) is 0 Å². The van der Waals surface area contributed by atoms with Gasteiger partial charge in [-0.15, -0.1) is 11.3 Å². The average Bonchev–Trinajstić information content (AvgIpc) is 3.38. The van der Waals surface area contributed by atoms with Crippen molar-refractivity contribution in [1.29, 1.82) is 0 Å². The predicted molar refractivity (Wildman–Crippen MR) is 109 cm³/mol. The maximum Gasteiger partial charge on any atom is 0.325 e. The van der Waals surface area contributed by atoms with Gasteiger partial charge in [-0.1, -0.05) is 0 Å². The number of carbonyl (C=O) groups excluding carboxylic acids is 3. The first-order valence-corrected chi connectivity index (χ1v) is 10.6. The Morgan fingerprint density at radius 1 is 1.30 bits per heavy atom. The van der Waals surface area contributed by atoms with E-state index >= 15 is 0 Å². The van der Waals surface area contributed by atoms with Gasteiger partial charge in [-0.05, 0) is 44.0 Å². The first-order chi connectivity index (χ1) is 14.5. The SMILES string of the molecule is CCOC(=O)C1CCc2sc(NC(=O)CN3CCN(c4ccc(F)cc4)C3=O)nc21. The lowest BCUT2D eigenvalue weighted by Crippen LogP contribution is -2.37. The number of halogens is 1. The van der Waals surface area contributed by atoms with Crippen LogP contribution in [0.3, 0.4) is 0 Å². The number of thiazole rings is 1. The van der Waals surface area contributed by atoms with Crippen LogP contribution in [0.4, 0.5) is 20.0 Å². The molecule has 0 saturated carbocycles. The van der Waals surface area contributed by atoms with E-state index in [0.717, 1.165) is 11.3 Å². The van der Waals surface area contributed by atoms with Crippen LogP contribution in [0.15, 0.2) is 24.3 Å². The highest BCUT2D eigenvalue weighted by Gasteiger charge is 2.34. The van der Waals surface area contributed by atoms with E-state index in [1.54, 1.807) is 6.92 Å². The Labute approximate surface area is 176 Å². The average molecular weight is 432 g/mol. The lowest BCUT2D eigenvalue weighted by atomic mass is 10.1. The van der Waals surface area contributed by atoms with Crippen LogP contribution < -0.4 is 10.2 Å². The number of benzene rings is 1. The summed E-state index contributed by atoms with van der Waals surface area (Å²) < 4.78 is 18.2. The van der Waals surface area contributed by atoms with Crippen LogP contribution in [-0.4, -0.2) is 54.0 Å². The van der Waals surface area contributed by atoms with E-state index in [1.165, 1.54) is 45.4 Å². The van der Waals surface area contributed by atoms with E-state index in [4.69, 9.17) is 4.74 Å². The van der Waals surface area contributed by atoms with Crippen molar-refractivity contribution in [3.05, 3.63) is 40.7 Å². The largest absolute Gasteiger partial charge is 0.465 e. The molecule has 2 aliphatic rings. The van der Waals surface area contributed by atoms with Crippen molar-refractivity contribution in [3.63, 3.8) is 0 Å².